The summed E-state index contributed by atoms with van der Waals surface area (Å²) >= 11 is 0. The van der Waals surface area contributed by atoms with Crippen molar-refractivity contribution in [3.63, 3.8) is 0 Å². The molecule has 1 nitrogen and oxygen atoms in total. The molecule has 0 spiro atoms. The Kier molecular flexibility index (Phi) is 4.04. The molecule has 1 aliphatic rings. The highest BCUT2D eigenvalue weighted by Gasteiger charge is 2.50. The van der Waals surface area contributed by atoms with Crippen LogP contribution in [-0.4, -0.2) is 5.78 Å². The van der Waals surface area contributed by atoms with E-state index in [4.69, 9.17) is 0 Å². The van der Waals surface area contributed by atoms with E-state index in [0.29, 0.717) is 12.3 Å². The van der Waals surface area contributed by atoms with Gasteiger partial charge in [0, 0.05) is 6.42 Å². The Balaban J connectivity index is 2.10. The van der Waals surface area contributed by atoms with Crippen LogP contribution >= 0.6 is 0 Å². The summed E-state index contributed by atoms with van der Waals surface area (Å²) in [4.78, 5) is 11.9. The van der Waals surface area contributed by atoms with Crippen LogP contribution in [-0.2, 0) is 4.79 Å². The number of ketones is 1. The minimum Gasteiger partial charge on any atom is -0.295 e. The van der Waals surface area contributed by atoms with E-state index in [-0.39, 0.29) is 11.2 Å². The van der Waals surface area contributed by atoms with Gasteiger partial charge in [0.05, 0.1) is 0 Å². The van der Waals surface area contributed by atoms with E-state index < -0.39 is 0 Å². The average molecular weight is 254 g/mol. The van der Waals surface area contributed by atoms with Crippen molar-refractivity contribution in [2.24, 2.45) is 5.41 Å². The second-order valence-corrected chi connectivity index (χ2v) is 5.70. The molecule has 0 heterocycles. The monoisotopic (exact) mass is 254 g/mol. The van der Waals surface area contributed by atoms with Gasteiger partial charge >= 0.3 is 0 Å². The molecule has 1 aromatic rings. The third kappa shape index (κ3) is 3.04. The maximum Gasteiger partial charge on any atom is 0.158 e. The van der Waals surface area contributed by atoms with Crippen LogP contribution in [0.1, 0.15) is 44.6 Å². The minimum atomic E-state index is 0.237. The average Bonchev–Trinajstić information content (AvgIpc) is 3.10. The van der Waals surface area contributed by atoms with Gasteiger partial charge in [0.1, 0.15) is 0 Å². The molecule has 1 fully saturated rings. The highest BCUT2D eigenvalue weighted by atomic mass is 16.1. The van der Waals surface area contributed by atoms with E-state index in [1.807, 2.05) is 19.1 Å². The maximum atomic E-state index is 11.9. The van der Waals surface area contributed by atoms with Gasteiger partial charge in [0.15, 0.2) is 5.78 Å². The van der Waals surface area contributed by atoms with Crippen LogP contribution in [0.5, 0.6) is 0 Å². The van der Waals surface area contributed by atoms with Crippen molar-refractivity contribution in [3.8, 4) is 0 Å². The summed E-state index contributed by atoms with van der Waals surface area (Å²) in [5.41, 5.74) is 2.56. The van der Waals surface area contributed by atoms with Crippen molar-refractivity contribution in [2.45, 2.75) is 39.0 Å². The topological polar surface area (TPSA) is 17.1 Å². The first kappa shape index (κ1) is 13.8. The number of hydrogen-bond acceptors (Lipinski definition) is 1. The van der Waals surface area contributed by atoms with Gasteiger partial charge in [0.25, 0.3) is 0 Å². The van der Waals surface area contributed by atoms with Crippen molar-refractivity contribution in [3.05, 3.63) is 60.2 Å². The first-order valence-corrected chi connectivity index (χ1v) is 7.00. The second kappa shape index (κ2) is 5.56. The zero-order chi connectivity index (χ0) is 13.9. The molecule has 100 valence electrons. The molecule has 0 aromatic heterocycles. The molecule has 19 heavy (non-hydrogen) atoms. The minimum absolute atomic E-state index is 0.237. The molecular weight excluding hydrogens is 232 g/mol. The van der Waals surface area contributed by atoms with Gasteiger partial charge in [-0.05, 0) is 35.3 Å². The summed E-state index contributed by atoms with van der Waals surface area (Å²) in [5, 5.41) is 0. The van der Waals surface area contributed by atoms with Crippen LogP contribution < -0.4 is 0 Å². The van der Waals surface area contributed by atoms with Gasteiger partial charge in [-0.15, -0.1) is 0 Å². The number of rotatable bonds is 6. The summed E-state index contributed by atoms with van der Waals surface area (Å²) in [6.07, 6.45) is 6.23. The van der Waals surface area contributed by atoms with E-state index in [1.54, 1.807) is 6.08 Å². The lowest BCUT2D eigenvalue weighted by molar-refractivity contribution is -0.115. The summed E-state index contributed by atoms with van der Waals surface area (Å²) < 4.78 is 0. The van der Waals surface area contributed by atoms with Crippen LogP contribution in [0.2, 0.25) is 0 Å². The van der Waals surface area contributed by atoms with Crippen LogP contribution in [0.3, 0.4) is 0 Å². The van der Waals surface area contributed by atoms with Crippen molar-refractivity contribution in [1.82, 2.24) is 0 Å². The number of carbonyl (C=O) groups excluding carboxylic acids is 1. The van der Waals surface area contributed by atoms with Gasteiger partial charge in [-0.3, -0.25) is 4.79 Å². The van der Waals surface area contributed by atoms with Crippen LogP contribution in [0.4, 0.5) is 0 Å². The largest absolute Gasteiger partial charge is 0.295 e. The molecular formula is C18H22O. The number of allylic oxidation sites excluding steroid dienone is 3. The number of Topliss-reactive ketones (excluding diaryl/α,β-unsaturated/α-hetero) is 1. The fourth-order valence-electron chi connectivity index (χ4n) is 2.86. The highest BCUT2D eigenvalue weighted by molar-refractivity contribution is 5.95. The van der Waals surface area contributed by atoms with Gasteiger partial charge in [-0.2, -0.15) is 0 Å². The lowest BCUT2D eigenvalue weighted by Crippen LogP contribution is -2.07. The summed E-state index contributed by atoms with van der Waals surface area (Å²) in [6.45, 7) is 7.92. The van der Waals surface area contributed by atoms with Crippen molar-refractivity contribution in [1.29, 1.82) is 0 Å². The van der Waals surface area contributed by atoms with E-state index in [9.17, 15) is 4.79 Å². The van der Waals surface area contributed by atoms with E-state index >= 15 is 0 Å². The normalized spacial score (nSPS) is 26.0. The summed E-state index contributed by atoms with van der Waals surface area (Å²) in [5.74, 6) is 0.839. The molecule has 0 bridgehead atoms. The standard InChI is InChI=1S/C18H22O/c1-4-9-15(17(19)5-2)12-18(3)13-16(18)14-10-7-6-8-11-14/h4,6-11,16H,1,5,12-13H2,2-3H3/b15-9-. The van der Waals surface area contributed by atoms with Crippen molar-refractivity contribution in [2.75, 3.05) is 0 Å². The smallest absolute Gasteiger partial charge is 0.158 e. The van der Waals surface area contributed by atoms with Crippen LogP contribution in [0, 0.1) is 5.41 Å². The molecule has 2 unspecified atom stereocenters. The van der Waals surface area contributed by atoms with Crippen molar-refractivity contribution >= 4 is 5.78 Å². The Morgan fingerprint density at radius 3 is 2.68 bits per heavy atom. The fourth-order valence-corrected chi connectivity index (χ4v) is 2.86. The van der Waals surface area contributed by atoms with E-state index in [1.165, 1.54) is 12.0 Å². The molecule has 0 radical (unpaired) electrons. The SMILES string of the molecule is C=C/C=C(/CC1(C)CC1c1ccccc1)C(=O)CC. The zero-order valence-electron chi connectivity index (χ0n) is 11.9. The number of benzene rings is 1. The Labute approximate surface area is 116 Å². The zero-order valence-corrected chi connectivity index (χ0v) is 11.9. The summed E-state index contributed by atoms with van der Waals surface area (Å²) in [6, 6.07) is 10.6. The van der Waals surface area contributed by atoms with E-state index in [0.717, 1.165) is 12.0 Å². The molecule has 2 atom stereocenters. The number of hydrogen-bond donors (Lipinski definition) is 0. The second-order valence-electron chi connectivity index (χ2n) is 5.70. The lowest BCUT2D eigenvalue weighted by Gasteiger charge is -2.13. The molecule has 1 aromatic carbocycles. The quantitative estimate of drug-likeness (QED) is 0.533. The van der Waals surface area contributed by atoms with Gasteiger partial charge < -0.3 is 0 Å². The van der Waals surface area contributed by atoms with Gasteiger partial charge in [-0.1, -0.05) is 62.9 Å². The highest BCUT2D eigenvalue weighted by Crippen LogP contribution is 2.62. The Morgan fingerprint density at radius 2 is 2.11 bits per heavy atom. The Hall–Kier alpha value is -1.63. The predicted molar refractivity (Wildman–Crippen MR) is 80.1 cm³/mol. The molecule has 0 N–H and O–H groups in total. The lowest BCUT2D eigenvalue weighted by atomic mass is 9.90. The maximum absolute atomic E-state index is 11.9. The summed E-state index contributed by atoms with van der Waals surface area (Å²) in [7, 11) is 0. The molecule has 1 heteroatoms. The molecule has 2 rings (SSSR count). The third-order valence-electron chi connectivity index (χ3n) is 4.15. The molecule has 1 aliphatic carbocycles. The van der Waals surface area contributed by atoms with Gasteiger partial charge in [0.2, 0.25) is 0 Å². The van der Waals surface area contributed by atoms with Crippen molar-refractivity contribution < 1.29 is 4.79 Å². The Bertz CT molecular complexity index is 498. The third-order valence-corrected chi connectivity index (χ3v) is 4.15. The molecule has 1 saturated carbocycles. The fraction of sp³-hybridized carbons (Fsp3) is 0.389. The first-order valence-electron chi connectivity index (χ1n) is 7.00. The van der Waals surface area contributed by atoms with Crippen LogP contribution in [0.15, 0.2) is 54.6 Å². The molecule has 0 amide bonds. The molecule has 0 saturated heterocycles. The predicted octanol–water partition coefficient (Wildman–Crippen LogP) is 4.66. The molecule has 0 aliphatic heterocycles. The first-order chi connectivity index (χ1) is 9.10. The van der Waals surface area contributed by atoms with Crippen LogP contribution in [0.25, 0.3) is 0 Å². The Morgan fingerprint density at radius 1 is 1.42 bits per heavy atom. The number of carbonyl (C=O) groups is 1. The van der Waals surface area contributed by atoms with Gasteiger partial charge in [-0.25, -0.2) is 0 Å². The van der Waals surface area contributed by atoms with E-state index in [2.05, 4.69) is 37.8 Å².